The van der Waals surface area contributed by atoms with Gasteiger partial charge in [-0.2, -0.15) is 0 Å². The smallest absolute Gasteiger partial charge is 0.224 e. The number of aryl methyl sites for hydroxylation is 1. The lowest BCUT2D eigenvalue weighted by molar-refractivity contribution is -0.116. The Morgan fingerprint density at radius 3 is 2.76 bits per heavy atom. The van der Waals surface area contributed by atoms with Gasteiger partial charge < -0.3 is 11.1 Å². The number of carbonyl (C=O) groups is 2. The summed E-state index contributed by atoms with van der Waals surface area (Å²) in [4.78, 5) is 23.7. The average Bonchev–Trinajstić information content (AvgIpc) is 2.48. The van der Waals surface area contributed by atoms with Gasteiger partial charge in [0.2, 0.25) is 5.91 Å². The van der Waals surface area contributed by atoms with E-state index in [0.717, 1.165) is 17.3 Å². The molecule has 0 spiro atoms. The van der Waals surface area contributed by atoms with Gasteiger partial charge in [0.1, 0.15) is 5.82 Å². The highest BCUT2D eigenvalue weighted by Crippen LogP contribution is 2.26. The summed E-state index contributed by atoms with van der Waals surface area (Å²) in [6.07, 6.45) is 0.980. The lowest BCUT2D eigenvalue weighted by Gasteiger charge is -2.17. The summed E-state index contributed by atoms with van der Waals surface area (Å²) in [5, 5.41) is 2.75. The fraction of sp³-hybridized carbons (Fsp3) is 0.125. The number of nitrogens with one attached hydrogen (secondary N) is 1. The monoisotopic (exact) mass is 284 g/mol. The molecule has 0 saturated carbocycles. The zero-order valence-electron chi connectivity index (χ0n) is 11.2. The van der Waals surface area contributed by atoms with Crippen molar-refractivity contribution in [3.63, 3.8) is 0 Å². The number of anilines is 2. The largest absolute Gasteiger partial charge is 0.398 e. The van der Waals surface area contributed by atoms with Crippen LogP contribution in [0.2, 0.25) is 0 Å². The van der Waals surface area contributed by atoms with Gasteiger partial charge in [-0.25, -0.2) is 4.39 Å². The molecule has 1 heterocycles. The molecular weight excluding hydrogens is 271 g/mol. The van der Waals surface area contributed by atoms with Crippen LogP contribution in [0.15, 0.2) is 36.4 Å². The highest BCUT2D eigenvalue weighted by Gasteiger charge is 2.18. The van der Waals surface area contributed by atoms with Crippen molar-refractivity contribution in [3.05, 3.63) is 58.9 Å². The zero-order valence-corrected chi connectivity index (χ0v) is 11.2. The predicted molar refractivity (Wildman–Crippen MR) is 77.6 cm³/mol. The van der Waals surface area contributed by atoms with Crippen LogP contribution in [-0.4, -0.2) is 11.7 Å². The van der Waals surface area contributed by atoms with Crippen LogP contribution in [-0.2, 0) is 11.2 Å². The first kappa shape index (κ1) is 13.3. The van der Waals surface area contributed by atoms with Crippen molar-refractivity contribution in [3.8, 4) is 0 Å². The fourth-order valence-electron chi connectivity index (χ4n) is 2.41. The van der Waals surface area contributed by atoms with E-state index in [4.69, 9.17) is 5.73 Å². The number of nitrogens with two attached hydrogens (primary N) is 1. The van der Waals surface area contributed by atoms with Gasteiger partial charge in [0.15, 0.2) is 5.78 Å². The Hall–Kier alpha value is -2.69. The van der Waals surface area contributed by atoms with Crippen LogP contribution < -0.4 is 11.1 Å². The lowest BCUT2D eigenvalue weighted by Crippen LogP contribution is -2.19. The maximum absolute atomic E-state index is 13.3. The number of nitrogen functional groups attached to an aromatic ring is 1. The number of ketones is 1. The Kier molecular flexibility index (Phi) is 3.17. The first-order chi connectivity index (χ1) is 10.0. The van der Waals surface area contributed by atoms with E-state index in [9.17, 15) is 14.0 Å². The second kappa shape index (κ2) is 5.01. The molecule has 0 bridgehead atoms. The molecule has 0 aliphatic carbocycles. The molecule has 0 atom stereocenters. The topological polar surface area (TPSA) is 72.2 Å². The minimum absolute atomic E-state index is 0.0315. The molecule has 106 valence electrons. The van der Waals surface area contributed by atoms with E-state index in [1.165, 1.54) is 12.1 Å². The number of amides is 1. The summed E-state index contributed by atoms with van der Waals surface area (Å²) in [6.45, 7) is 0. The third-order valence-corrected chi connectivity index (χ3v) is 3.52. The Morgan fingerprint density at radius 2 is 1.95 bits per heavy atom. The molecule has 0 fully saturated rings. The summed E-state index contributed by atoms with van der Waals surface area (Å²) in [6, 6.07) is 8.75. The molecule has 5 heteroatoms. The number of fused-ring (bicyclic) bond motifs is 1. The SMILES string of the molecule is Nc1ccc(F)cc1C(=O)c1ccc2c(c1)CCC(=O)N2. The maximum atomic E-state index is 13.3. The van der Waals surface area contributed by atoms with Gasteiger partial charge in [0, 0.05) is 28.9 Å². The van der Waals surface area contributed by atoms with Crippen molar-refractivity contribution in [2.45, 2.75) is 12.8 Å². The number of benzene rings is 2. The zero-order chi connectivity index (χ0) is 15.0. The van der Waals surface area contributed by atoms with Gasteiger partial charge in [0.25, 0.3) is 0 Å². The van der Waals surface area contributed by atoms with Crippen molar-refractivity contribution in [1.82, 2.24) is 0 Å². The number of hydrogen-bond acceptors (Lipinski definition) is 3. The van der Waals surface area contributed by atoms with Crippen molar-refractivity contribution in [2.75, 3.05) is 11.1 Å². The van der Waals surface area contributed by atoms with Gasteiger partial charge in [0.05, 0.1) is 0 Å². The van der Waals surface area contributed by atoms with Crippen LogP contribution in [0.4, 0.5) is 15.8 Å². The minimum atomic E-state index is -0.502. The first-order valence-corrected chi connectivity index (χ1v) is 6.57. The van der Waals surface area contributed by atoms with E-state index in [2.05, 4.69) is 5.32 Å². The average molecular weight is 284 g/mol. The maximum Gasteiger partial charge on any atom is 0.224 e. The molecule has 1 amide bonds. The third kappa shape index (κ3) is 2.50. The van der Waals surface area contributed by atoms with Gasteiger partial charge in [-0.3, -0.25) is 9.59 Å². The molecule has 4 nitrogen and oxygen atoms in total. The molecule has 3 rings (SSSR count). The molecule has 3 N–H and O–H groups in total. The summed E-state index contributed by atoms with van der Waals surface area (Å²) < 4.78 is 13.3. The van der Waals surface area contributed by atoms with Crippen LogP contribution in [0.1, 0.15) is 27.9 Å². The fourth-order valence-corrected chi connectivity index (χ4v) is 2.41. The second-order valence-electron chi connectivity index (χ2n) is 4.98. The van der Waals surface area contributed by atoms with Crippen LogP contribution in [0, 0.1) is 5.82 Å². The van der Waals surface area contributed by atoms with E-state index in [1.54, 1.807) is 18.2 Å². The number of hydrogen-bond donors (Lipinski definition) is 2. The number of halogens is 1. The van der Waals surface area contributed by atoms with Gasteiger partial charge in [-0.15, -0.1) is 0 Å². The minimum Gasteiger partial charge on any atom is -0.398 e. The Bertz CT molecular complexity index is 756. The highest BCUT2D eigenvalue weighted by atomic mass is 19.1. The van der Waals surface area contributed by atoms with Gasteiger partial charge >= 0.3 is 0 Å². The van der Waals surface area contributed by atoms with Crippen molar-refractivity contribution >= 4 is 23.1 Å². The van der Waals surface area contributed by atoms with Crippen LogP contribution >= 0.6 is 0 Å². The molecular formula is C16H13FN2O2. The Morgan fingerprint density at radius 1 is 1.14 bits per heavy atom. The van der Waals surface area contributed by atoms with Gasteiger partial charge in [-0.05, 0) is 48.4 Å². The number of rotatable bonds is 2. The van der Waals surface area contributed by atoms with Crippen molar-refractivity contribution in [2.24, 2.45) is 0 Å². The molecule has 1 aliphatic rings. The van der Waals surface area contributed by atoms with Crippen molar-refractivity contribution < 1.29 is 14.0 Å². The summed E-state index contributed by atoms with van der Waals surface area (Å²) in [7, 11) is 0. The molecule has 0 radical (unpaired) electrons. The van der Waals surface area contributed by atoms with E-state index >= 15 is 0 Å². The standard InChI is InChI=1S/C16H13FN2O2/c17-11-3-4-13(18)12(8-11)16(21)10-1-5-14-9(7-10)2-6-15(20)19-14/h1,3-5,7-8H,2,6,18H2,(H,19,20). The quantitative estimate of drug-likeness (QED) is 0.657. The van der Waals surface area contributed by atoms with E-state index in [0.29, 0.717) is 18.4 Å². The summed E-state index contributed by atoms with van der Waals surface area (Å²) in [5.74, 6) is -0.861. The van der Waals surface area contributed by atoms with Crippen LogP contribution in [0.5, 0.6) is 0 Å². The molecule has 2 aromatic rings. The van der Waals surface area contributed by atoms with E-state index in [1.807, 2.05) is 0 Å². The Balaban J connectivity index is 1.99. The molecule has 0 unspecified atom stereocenters. The molecule has 21 heavy (non-hydrogen) atoms. The van der Waals surface area contributed by atoms with E-state index in [-0.39, 0.29) is 22.9 Å². The summed E-state index contributed by atoms with van der Waals surface area (Å²) >= 11 is 0. The summed E-state index contributed by atoms with van der Waals surface area (Å²) in [5.41, 5.74) is 8.18. The molecule has 2 aromatic carbocycles. The molecule has 0 aromatic heterocycles. The Labute approximate surface area is 120 Å². The molecule has 0 saturated heterocycles. The van der Waals surface area contributed by atoms with Crippen LogP contribution in [0.3, 0.4) is 0 Å². The van der Waals surface area contributed by atoms with Crippen molar-refractivity contribution in [1.29, 1.82) is 0 Å². The molecule has 1 aliphatic heterocycles. The normalized spacial score (nSPS) is 13.5. The highest BCUT2D eigenvalue weighted by molar-refractivity contribution is 6.12. The van der Waals surface area contributed by atoms with Gasteiger partial charge in [-0.1, -0.05) is 0 Å². The first-order valence-electron chi connectivity index (χ1n) is 6.57. The lowest BCUT2D eigenvalue weighted by atomic mass is 9.96. The third-order valence-electron chi connectivity index (χ3n) is 3.52. The van der Waals surface area contributed by atoms with Crippen LogP contribution in [0.25, 0.3) is 0 Å². The van der Waals surface area contributed by atoms with E-state index < -0.39 is 5.82 Å². The predicted octanol–water partition coefficient (Wildman–Crippen LogP) is 2.52. The second-order valence-corrected chi connectivity index (χ2v) is 4.98. The number of carbonyl (C=O) groups excluding carboxylic acids is 2.